The molecule has 1 aliphatic heterocycles. The van der Waals surface area contributed by atoms with Crippen molar-refractivity contribution in [3.63, 3.8) is 0 Å². The van der Waals surface area contributed by atoms with E-state index in [0.29, 0.717) is 23.6 Å². The molecule has 0 saturated carbocycles. The zero-order valence-electron chi connectivity index (χ0n) is 15.4. The summed E-state index contributed by atoms with van der Waals surface area (Å²) in [6.45, 7) is 1.51. The highest BCUT2D eigenvalue weighted by Crippen LogP contribution is 2.32. The van der Waals surface area contributed by atoms with Gasteiger partial charge in [-0.25, -0.2) is 9.97 Å². The van der Waals surface area contributed by atoms with Crippen LogP contribution in [0.1, 0.15) is 23.2 Å². The van der Waals surface area contributed by atoms with E-state index in [9.17, 15) is 4.79 Å². The molecule has 0 aliphatic carbocycles. The average Bonchev–Trinajstić information content (AvgIpc) is 3.21. The van der Waals surface area contributed by atoms with Gasteiger partial charge in [0.1, 0.15) is 29.3 Å². The van der Waals surface area contributed by atoms with Crippen molar-refractivity contribution in [2.24, 2.45) is 5.92 Å². The fourth-order valence-corrected chi connectivity index (χ4v) is 3.72. The second-order valence-electron chi connectivity index (χ2n) is 6.65. The van der Waals surface area contributed by atoms with E-state index in [4.69, 9.17) is 9.47 Å². The van der Waals surface area contributed by atoms with E-state index in [1.54, 1.807) is 38.7 Å². The van der Waals surface area contributed by atoms with Crippen LogP contribution in [-0.2, 0) is 0 Å². The molecular weight excluding hydrogens is 344 g/mol. The van der Waals surface area contributed by atoms with Crippen LogP contribution in [0.3, 0.4) is 0 Å². The molecule has 1 atom stereocenters. The number of Topliss-reactive ketones (excluding diaryl/α,β-unsaturated/α-hetero) is 1. The molecule has 2 aromatic heterocycles. The van der Waals surface area contributed by atoms with E-state index < -0.39 is 0 Å². The summed E-state index contributed by atoms with van der Waals surface area (Å²) in [5.41, 5.74) is 1.41. The minimum atomic E-state index is -0.106. The molecule has 1 N–H and O–H groups in total. The molecule has 0 radical (unpaired) electrons. The van der Waals surface area contributed by atoms with Crippen molar-refractivity contribution in [1.29, 1.82) is 0 Å². The molecule has 1 aliphatic rings. The average molecular weight is 366 g/mol. The standard InChI is InChI=1S/C20H22N4O3/c1-26-14-5-6-15(17(10-14)27-2)18(25)13-4-3-9-24(11-13)20-16-7-8-21-19(16)22-12-23-20/h5-8,10,12-13H,3-4,9,11H2,1-2H3,(H,21,22,23)/t13-/m1/s1. The first-order valence-corrected chi connectivity index (χ1v) is 9.00. The third kappa shape index (κ3) is 3.20. The molecule has 7 nitrogen and oxygen atoms in total. The Balaban J connectivity index is 1.60. The van der Waals surface area contributed by atoms with Crippen molar-refractivity contribution in [1.82, 2.24) is 15.0 Å². The summed E-state index contributed by atoms with van der Waals surface area (Å²) >= 11 is 0. The fraction of sp³-hybridized carbons (Fsp3) is 0.350. The number of carbonyl (C=O) groups is 1. The Labute approximate surface area is 157 Å². The van der Waals surface area contributed by atoms with Gasteiger partial charge < -0.3 is 19.4 Å². The van der Waals surface area contributed by atoms with Crippen molar-refractivity contribution in [2.45, 2.75) is 12.8 Å². The molecule has 27 heavy (non-hydrogen) atoms. The van der Waals surface area contributed by atoms with Crippen LogP contribution < -0.4 is 14.4 Å². The number of rotatable bonds is 5. The molecule has 140 valence electrons. The first-order valence-electron chi connectivity index (χ1n) is 9.00. The maximum atomic E-state index is 13.2. The Bertz CT molecular complexity index is 969. The van der Waals surface area contributed by atoms with Crippen molar-refractivity contribution in [3.05, 3.63) is 42.4 Å². The Kier molecular flexibility index (Phi) is 4.66. The molecule has 1 saturated heterocycles. The van der Waals surface area contributed by atoms with Crippen molar-refractivity contribution >= 4 is 22.6 Å². The molecule has 4 rings (SSSR count). The first kappa shape index (κ1) is 17.3. The van der Waals surface area contributed by atoms with Gasteiger partial charge in [-0.1, -0.05) is 0 Å². The number of aromatic amines is 1. The minimum absolute atomic E-state index is 0.0959. The second kappa shape index (κ2) is 7.26. The van der Waals surface area contributed by atoms with Gasteiger partial charge in [0.15, 0.2) is 5.78 Å². The monoisotopic (exact) mass is 366 g/mol. The largest absolute Gasteiger partial charge is 0.497 e. The summed E-state index contributed by atoms with van der Waals surface area (Å²) in [6.07, 6.45) is 5.21. The number of benzene rings is 1. The maximum absolute atomic E-state index is 13.2. The first-order chi connectivity index (χ1) is 13.2. The van der Waals surface area contributed by atoms with Gasteiger partial charge in [-0.05, 0) is 31.0 Å². The molecule has 3 aromatic rings. The van der Waals surface area contributed by atoms with Crippen LogP contribution >= 0.6 is 0 Å². The molecule has 1 aromatic carbocycles. The number of H-pyrrole nitrogens is 1. The van der Waals surface area contributed by atoms with E-state index in [1.807, 2.05) is 12.3 Å². The Morgan fingerprint density at radius 3 is 2.93 bits per heavy atom. The number of aromatic nitrogens is 3. The summed E-state index contributed by atoms with van der Waals surface area (Å²) in [4.78, 5) is 27.2. The lowest BCUT2D eigenvalue weighted by atomic mass is 9.89. The quantitative estimate of drug-likeness (QED) is 0.699. The van der Waals surface area contributed by atoms with Crippen LogP contribution in [-0.4, -0.2) is 48.0 Å². The lowest BCUT2D eigenvalue weighted by molar-refractivity contribution is 0.0904. The topological polar surface area (TPSA) is 80.3 Å². The summed E-state index contributed by atoms with van der Waals surface area (Å²) < 4.78 is 10.6. The number of nitrogens with one attached hydrogen (secondary N) is 1. The van der Waals surface area contributed by atoms with Gasteiger partial charge in [0.2, 0.25) is 0 Å². The normalized spacial score (nSPS) is 17.1. The lowest BCUT2D eigenvalue weighted by Crippen LogP contribution is -2.39. The zero-order valence-corrected chi connectivity index (χ0v) is 15.4. The van der Waals surface area contributed by atoms with Crippen LogP contribution in [0.25, 0.3) is 11.0 Å². The minimum Gasteiger partial charge on any atom is -0.497 e. The third-order valence-electron chi connectivity index (χ3n) is 5.10. The second-order valence-corrected chi connectivity index (χ2v) is 6.65. The van der Waals surface area contributed by atoms with Crippen LogP contribution in [0.2, 0.25) is 0 Å². The Morgan fingerprint density at radius 1 is 1.22 bits per heavy atom. The van der Waals surface area contributed by atoms with E-state index in [1.165, 1.54) is 0 Å². The molecule has 0 amide bonds. The Morgan fingerprint density at radius 2 is 2.11 bits per heavy atom. The predicted octanol–water partition coefficient (Wildman–Crippen LogP) is 3.07. The van der Waals surface area contributed by atoms with Crippen molar-refractivity contribution < 1.29 is 14.3 Å². The van der Waals surface area contributed by atoms with E-state index in [2.05, 4.69) is 19.9 Å². The summed E-state index contributed by atoms with van der Waals surface area (Å²) in [7, 11) is 3.17. The van der Waals surface area contributed by atoms with Gasteiger partial charge in [0.05, 0.1) is 25.2 Å². The summed E-state index contributed by atoms with van der Waals surface area (Å²) in [5, 5.41) is 0.979. The van der Waals surface area contributed by atoms with Crippen LogP contribution in [0.15, 0.2) is 36.8 Å². The zero-order chi connectivity index (χ0) is 18.8. The smallest absolute Gasteiger partial charge is 0.171 e. The van der Waals surface area contributed by atoms with Gasteiger partial charge in [0, 0.05) is 31.3 Å². The van der Waals surface area contributed by atoms with E-state index in [-0.39, 0.29) is 11.7 Å². The van der Waals surface area contributed by atoms with Gasteiger partial charge >= 0.3 is 0 Å². The van der Waals surface area contributed by atoms with Gasteiger partial charge in [-0.3, -0.25) is 4.79 Å². The highest BCUT2D eigenvalue weighted by molar-refractivity contribution is 6.01. The molecule has 0 unspecified atom stereocenters. The maximum Gasteiger partial charge on any atom is 0.171 e. The number of piperidine rings is 1. The molecular formula is C20H22N4O3. The molecule has 1 fully saturated rings. The molecule has 0 spiro atoms. The number of nitrogens with zero attached hydrogens (tertiary/aromatic N) is 3. The third-order valence-corrected chi connectivity index (χ3v) is 5.10. The number of methoxy groups -OCH3 is 2. The SMILES string of the molecule is COc1ccc(C(=O)[C@@H]2CCCN(c3ncnc4[nH]ccc34)C2)c(OC)c1. The van der Waals surface area contributed by atoms with Crippen LogP contribution in [0.4, 0.5) is 5.82 Å². The molecule has 0 bridgehead atoms. The van der Waals surface area contributed by atoms with Crippen molar-refractivity contribution in [2.75, 3.05) is 32.2 Å². The molecule has 3 heterocycles. The summed E-state index contributed by atoms with van der Waals surface area (Å²) in [5.74, 6) is 2.08. The predicted molar refractivity (Wildman–Crippen MR) is 103 cm³/mol. The summed E-state index contributed by atoms with van der Waals surface area (Å²) in [6, 6.07) is 7.31. The number of ether oxygens (including phenoxy) is 2. The van der Waals surface area contributed by atoms with E-state index >= 15 is 0 Å². The Hall–Kier alpha value is -3.09. The number of hydrogen-bond acceptors (Lipinski definition) is 6. The highest BCUT2D eigenvalue weighted by atomic mass is 16.5. The van der Waals surface area contributed by atoms with E-state index in [0.717, 1.165) is 36.2 Å². The van der Waals surface area contributed by atoms with Crippen LogP contribution in [0, 0.1) is 5.92 Å². The number of anilines is 1. The highest BCUT2D eigenvalue weighted by Gasteiger charge is 2.29. The van der Waals surface area contributed by atoms with Gasteiger partial charge in [-0.15, -0.1) is 0 Å². The lowest BCUT2D eigenvalue weighted by Gasteiger charge is -2.33. The van der Waals surface area contributed by atoms with Crippen molar-refractivity contribution in [3.8, 4) is 11.5 Å². The number of fused-ring (bicyclic) bond motifs is 1. The van der Waals surface area contributed by atoms with Gasteiger partial charge in [0.25, 0.3) is 0 Å². The molecule has 7 heteroatoms. The number of ketones is 1. The number of carbonyl (C=O) groups excluding carboxylic acids is 1. The fourth-order valence-electron chi connectivity index (χ4n) is 3.72. The van der Waals surface area contributed by atoms with Crippen LogP contribution in [0.5, 0.6) is 11.5 Å². The van der Waals surface area contributed by atoms with Gasteiger partial charge in [-0.2, -0.15) is 0 Å². The number of hydrogen-bond donors (Lipinski definition) is 1.